The monoisotopic (exact) mass is 273 g/mol. The van der Waals surface area contributed by atoms with Crippen LogP contribution in [0.3, 0.4) is 0 Å². The van der Waals surface area contributed by atoms with Gasteiger partial charge < -0.3 is 15.3 Å². The number of nitrogens with zero attached hydrogens (tertiary/aromatic N) is 4. The molecule has 2 N–H and O–H groups in total. The van der Waals surface area contributed by atoms with Crippen LogP contribution in [-0.4, -0.2) is 46.3 Å². The van der Waals surface area contributed by atoms with Crippen molar-refractivity contribution in [3.63, 3.8) is 0 Å². The highest BCUT2D eigenvalue weighted by Crippen LogP contribution is 2.14. The van der Waals surface area contributed by atoms with Gasteiger partial charge >= 0.3 is 0 Å². The summed E-state index contributed by atoms with van der Waals surface area (Å²) in [7, 11) is 0. The van der Waals surface area contributed by atoms with Crippen molar-refractivity contribution in [2.75, 3.05) is 36.5 Å². The molecule has 0 saturated carbocycles. The second kappa shape index (κ2) is 8.05. The van der Waals surface area contributed by atoms with E-state index in [1.54, 1.807) is 0 Å². The molecule has 6 nitrogen and oxygen atoms in total. The van der Waals surface area contributed by atoms with Crippen molar-refractivity contribution in [1.82, 2.24) is 15.0 Å². The third-order valence-electron chi connectivity index (χ3n) is 2.37. The van der Waals surface area contributed by atoms with Crippen LogP contribution in [0.1, 0.15) is 26.7 Å². The Morgan fingerprint density at radius 3 is 2.61 bits per heavy atom. The van der Waals surface area contributed by atoms with E-state index in [1.165, 1.54) is 0 Å². The summed E-state index contributed by atoms with van der Waals surface area (Å²) in [6.07, 6.45) is 2.08. The fourth-order valence-corrected chi connectivity index (χ4v) is 1.66. The van der Waals surface area contributed by atoms with Gasteiger partial charge in [0.2, 0.25) is 17.2 Å². The molecule has 0 aliphatic carbocycles. The highest BCUT2D eigenvalue weighted by atomic mass is 35.5. The SMILES string of the molecule is CCCCN(CCO)c1nc(Cl)nc(NCC)n1. The van der Waals surface area contributed by atoms with Gasteiger partial charge in [0.25, 0.3) is 0 Å². The van der Waals surface area contributed by atoms with Crippen LogP contribution in [0.25, 0.3) is 0 Å². The first-order valence-electron chi connectivity index (χ1n) is 6.22. The van der Waals surface area contributed by atoms with Crippen molar-refractivity contribution >= 4 is 23.5 Å². The molecule has 0 aliphatic heterocycles. The van der Waals surface area contributed by atoms with Gasteiger partial charge in [0.15, 0.2) is 0 Å². The van der Waals surface area contributed by atoms with Crippen molar-refractivity contribution in [3.8, 4) is 0 Å². The molecule has 0 atom stereocenters. The average Bonchev–Trinajstić information content (AvgIpc) is 2.34. The molecule has 0 unspecified atom stereocenters. The highest BCUT2D eigenvalue weighted by Gasteiger charge is 2.11. The van der Waals surface area contributed by atoms with E-state index < -0.39 is 0 Å². The minimum Gasteiger partial charge on any atom is -0.395 e. The predicted molar refractivity (Wildman–Crippen MR) is 73.2 cm³/mol. The van der Waals surface area contributed by atoms with Crippen LogP contribution in [0.5, 0.6) is 0 Å². The van der Waals surface area contributed by atoms with Crippen molar-refractivity contribution in [2.45, 2.75) is 26.7 Å². The number of rotatable bonds is 8. The van der Waals surface area contributed by atoms with Crippen LogP contribution < -0.4 is 10.2 Å². The number of unbranched alkanes of at least 4 members (excludes halogenated alkanes) is 1. The van der Waals surface area contributed by atoms with E-state index >= 15 is 0 Å². The maximum absolute atomic E-state index is 9.08. The van der Waals surface area contributed by atoms with E-state index in [0.717, 1.165) is 25.9 Å². The standard InChI is InChI=1S/C11H20ClN5O/c1-3-5-6-17(7-8-18)11-15-9(12)14-10(16-11)13-4-2/h18H,3-8H2,1-2H3,(H,13,14,15,16). The molecule has 1 rings (SSSR count). The lowest BCUT2D eigenvalue weighted by atomic mass is 10.3. The number of nitrogens with one attached hydrogen (secondary N) is 1. The third-order valence-corrected chi connectivity index (χ3v) is 2.53. The van der Waals surface area contributed by atoms with Gasteiger partial charge in [0, 0.05) is 19.6 Å². The molecule has 18 heavy (non-hydrogen) atoms. The molecule has 1 aromatic heterocycles. The maximum Gasteiger partial charge on any atom is 0.231 e. The molecule has 0 radical (unpaired) electrons. The summed E-state index contributed by atoms with van der Waals surface area (Å²) in [5.41, 5.74) is 0. The first kappa shape index (κ1) is 14.9. The second-order valence-electron chi connectivity index (χ2n) is 3.82. The summed E-state index contributed by atoms with van der Waals surface area (Å²) in [6, 6.07) is 0. The summed E-state index contributed by atoms with van der Waals surface area (Å²) >= 11 is 5.87. The summed E-state index contributed by atoms with van der Waals surface area (Å²) < 4.78 is 0. The number of hydrogen-bond acceptors (Lipinski definition) is 6. The topological polar surface area (TPSA) is 74.2 Å². The van der Waals surface area contributed by atoms with Gasteiger partial charge in [0.05, 0.1) is 6.61 Å². The minimum atomic E-state index is 0.0591. The smallest absolute Gasteiger partial charge is 0.231 e. The Morgan fingerprint density at radius 2 is 2.00 bits per heavy atom. The zero-order valence-electron chi connectivity index (χ0n) is 10.9. The fourth-order valence-electron chi connectivity index (χ4n) is 1.50. The highest BCUT2D eigenvalue weighted by molar-refractivity contribution is 6.28. The summed E-state index contributed by atoms with van der Waals surface area (Å²) in [6.45, 7) is 6.13. The van der Waals surface area contributed by atoms with E-state index in [1.807, 2.05) is 11.8 Å². The predicted octanol–water partition coefficient (Wildman–Crippen LogP) is 1.56. The van der Waals surface area contributed by atoms with Gasteiger partial charge in [-0.2, -0.15) is 15.0 Å². The molecule has 0 aliphatic rings. The van der Waals surface area contributed by atoms with Crippen molar-refractivity contribution < 1.29 is 5.11 Å². The van der Waals surface area contributed by atoms with E-state index in [0.29, 0.717) is 18.4 Å². The molecule has 1 aromatic rings. The number of aromatic nitrogens is 3. The van der Waals surface area contributed by atoms with Gasteiger partial charge in [-0.15, -0.1) is 0 Å². The van der Waals surface area contributed by atoms with Crippen LogP contribution in [-0.2, 0) is 0 Å². The fraction of sp³-hybridized carbons (Fsp3) is 0.727. The first-order chi connectivity index (χ1) is 8.71. The summed E-state index contributed by atoms with van der Waals surface area (Å²) in [4.78, 5) is 14.3. The largest absolute Gasteiger partial charge is 0.395 e. The van der Waals surface area contributed by atoms with E-state index in [4.69, 9.17) is 16.7 Å². The summed E-state index contributed by atoms with van der Waals surface area (Å²) in [5, 5.41) is 12.2. The number of anilines is 2. The molecule has 0 aromatic carbocycles. The lowest BCUT2D eigenvalue weighted by molar-refractivity contribution is 0.301. The number of aliphatic hydroxyl groups is 1. The molecule has 0 saturated heterocycles. The van der Waals surface area contributed by atoms with Crippen LogP contribution in [0.2, 0.25) is 5.28 Å². The second-order valence-corrected chi connectivity index (χ2v) is 4.16. The molecule has 0 fully saturated rings. The van der Waals surface area contributed by atoms with Crippen molar-refractivity contribution in [3.05, 3.63) is 5.28 Å². The van der Waals surface area contributed by atoms with Gasteiger partial charge in [-0.3, -0.25) is 0 Å². The Kier molecular flexibility index (Phi) is 6.67. The van der Waals surface area contributed by atoms with Crippen molar-refractivity contribution in [2.24, 2.45) is 0 Å². The molecule has 1 heterocycles. The molecular formula is C11H20ClN5O. The molecule has 0 amide bonds. The van der Waals surface area contributed by atoms with Crippen LogP contribution in [0.15, 0.2) is 0 Å². The quantitative estimate of drug-likeness (QED) is 0.749. The van der Waals surface area contributed by atoms with E-state index in [2.05, 4.69) is 27.2 Å². The Morgan fingerprint density at radius 1 is 1.22 bits per heavy atom. The number of hydrogen-bond donors (Lipinski definition) is 2. The Balaban J connectivity index is 2.87. The number of aliphatic hydroxyl groups excluding tert-OH is 1. The van der Waals surface area contributed by atoms with Crippen LogP contribution in [0, 0.1) is 0 Å². The van der Waals surface area contributed by atoms with E-state index in [9.17, 15) is 0 Å². The van der Waals surface area contributed by atoms with Gasteiger partial charge in [-0.1, -0.05) is 13.3 Å². The Labute approximate surface area is 112 Å². The first-order valence-corrected chi connectivity index (χ1v) is 6.60. The lowest BCUT2D eigenvalue weighted by Crippen LogP contribution is -2.30. The Bertz CT molecular complexity index is 363. The molecule has 0 bridgehead atoms. The summed E-state index contributed by atoms with van der Waals surface area (Å²) in [5.74, 6) is 0.973. The third kappa shape index (κ3) is 4.62. The van der Waals surface area contributed by atoms with Crippen LogP contribution >= 0.6 is 11.6 Å². The molecule has 0 spiro atoms. The zero-order chi connectivity index (χ0) is 13.4. The zero-order valence-corrected chi connectivity index (χ0v) is 11.6. The van der Waals surface area contributed by atoms with Gasteiger partial charge in [0.1, 0.15) is 0 Å². The lowest BCUT2D eigenvalue weighted by Gasteiger charge is -2.21. The normalized spacial score (nSPS) is 10.4. The average molecular weight is 274 g/mol. The maximum atomic E-state index is 9.08. The van der Waals surface area contributed by atoms with Crippen LogP contribution in [0.4, 0.5) is 11.9 Å². The molecule has 7 heteroatoms. The minimum absolute atomic E-state index is 0.0591. The Hall–Kier alpha value is -1.14. The van der Waals surface area contributed by atoms with Gasteiger partial charge in [-0.05, 0) is 24.9 Å². The van der Waals surface area contributed by atoms with Gasteiger partial charge in [-0.25, -0.2) is 0 Å². The van der Waals surface area contributed by atoms with Crippen molar-refractivity contribution in [1.29, 1.82) is 0 Å². The number of halogens is 1. The van der Waals surface area contributed by atoms with E-state index in [-0.39, 0.29) is 11.9 Å². The molecule has 102 valence electrons. The molecular weight excluding hydrogens is 254 g/mol.